The summed E-state index contributed by atoms with van der Waals surface area (Å²) in [7, 11) is 0. The van der Waals surface area contributed by atoms with Crippen LogP contribution in [0.15, 0.2) is 48.5 Å². The van der Waals surface area contributed by atoms with Crippen molar-refractivity contribution in [2.24, 2.45) is 0 Å². The average molecular weight is 417 g/mol. The highest BCUT2D eigenvalue weighted by molar-refractivity contribution is 6.07. The summed E-state index contributed by atoms with van der Waals surface area (Å²) in [5, 5.41) is 4.07. The van der Waals surface area contributed by atoms with Gasteiger partial charge in [0.15, 0.2) is 0 Å². The number of carbonyl (C=O) groups is 1. The van der Waals surface area contributed by atoms with Crippen molar-refractivity contribution in [3.63, 3.8) is 0 Å². The fourth-order valence-corrected chi connectivity index (χ4v) is 4.65. The lowest BCUT2D eigenvalue weighted by Gasteiger charge is -2.30. The van der Waals surface area contributed by atoms with E-state index in [-0.39, 0.29) is 5.91 Å². The number of nitrogens with one attached hydrogen (secondary N) is 2. The van der Waals surface area contributed by atoms with Crippen molar-refractivity contribution in [3.8, 4) is 11.3 Å². The number of benzene rings is 2. The van der Waals surface area contributed by atoms with E-state index in [1.54, 1.807) is 4.90 Å². The molecule has 2 heterocycles. The van der Waals surface area contributed by atoms with Gasteiger partial charge in [-0.25, -0.2) is 4.98 Å². The van der Waals surface area contributed by atoms with Crippen molar-refractivity contribution in [2.45, 2.75) is 52.5 Å². The number of hydrogen-bond acceptors (Lipinski definition) is 2. The van der Waals surface area contributed by atoms with Gasteiger partial charge in [0, 0.05) is 23.9 Å². The van der Waals surface area contributed by atoms with Gasteiger partial charge in [-0.05, 0) is 69.4 Å². The monoisotopic (exact) mass is 416 g/mol. The molecule has 4 nitrogen and oxygen atoms in total. The molecule has 3 aromatic rings. The first-order valence-electron chi connectivity index (χ1n) is 11.6. The number of para-hydroxylation sites is 1. The van der Waals surface area contributed by atoms with Crippen LogP contribution in [-0.2, 0) is 0 Å². The van der Waals surface area contributed by atoms with Crippen molar-refractivity contribution >= 4 is 16.8 Å². The maximum Gasteiger partial charge on any atom is 0.252 e. The lowest BCUT2D eigenvalue weighted by molar-refractivity contribution is -0.928. The summed E-state index contributed by atoms with van der Waals surface area (Å²) in [6.45, 7) is 9.68. The molecule has 1 aliphatic rings. The molecule has 162 valence electrons. The number of pyridine rings is 1. The molecule has 0 aliphatic carbocycles. The Morgan fingerprint density at radius 1 is 1.10 bits per heavy atom. The quantitative estimate of drug-likeness (QED) is 0.595. The Bertz CT molecular complexity index is 1080. The highest BCUT2D eigenvalue weighted by Gasteiger charge is 2.21. The molecule has 1 unspecified atom stereocenters. The topological polar surface area (TPSA) is 46.4 Å². The number of nitrogens with zero attached hydrogens (tertiary/aromatic N) is 1. The van der Waals surface area contributed by atoms with Crippen LogP contribution >= 0.6 is 0 Å². The second-order valence-electron chi connectivity index (χ2n) is 9.04. The number of fused-ring (bicyclic) bond motifs is 1. The number of carbonyl (C=O) groups excluding carboxylic acids is 1. The molecule has 2 N–H and O–H groups in total. The van der Waals surface area contributed by atoms with E-state index < -0.39 is 0 Å². The summed E-state index contributed by atoms with van der Waals surface area (Å²) in [5.74, 6) is -0.00891. The minimum atomic E-state index is -0.00891. The summed E-state index contributed by atoms with van der Waals surface area (Å²) in [6, 6.07) is 17.0. The minimum Gasteiger partial charge on any atom is -0.352 e. The predicted octanol–water partition coefficient (Wildman–Crippen LogP) is 4.10. The summed E-state index contributed by atoms with van der Waals surface area (Å²) < 4.78 is 0. The number of amides is 1. The lowest BCUT2D eigenvalue weighted by atomic mass is 10.0. The third kappa shape index (κ3) is 4.96. The van der Waals surface area contributed by atoms with Crippen LogP contribution < -0.4 is 10.2 Å². The molecule has 0 bridgehead atoms. The van der Waals surface area contributed by atoms with Crippen LogP contribution in [0.1, 0.15) is 54.1 Å². The molecule has 4 heteroatoms. The number of likely N-dealkylation sites (tertiary alicyclic amines) is 1. The number of piperidine rings is 1. The zero-order valence-electron chi connectivity index (χ0n) is 19.0. The molecule has 4 rings (SSSR count). The Morgan fingerprint density at radius 3 is 2.74 bits per heavy atom. The van der Waals surface area contributed by atoms with Crippen LogP contribution in [0.4, 0.5) is 0 Å². The van der Waals surface area contributed by atoms with Crippen molar-refractivity contribution < 1.29 is 9.69 Å². The molecule has 1 fully saturated rings. The SMILES string of the molecule is Cc1ccc(-c2cc(C(=O)NCCC[NH+]3CCCC[C@H]3C)c3ccccc3n2)cc1C. The summed E-state index contributed by atoms with van der Waals surface area (Å²) in [6.07, 6.45) is 5.03. The van der Waals surface area contributed by atoms with E-state index in [2.05, 4.69) is 44.3 Å². The van der Waals surface area contributed by atoms with E-state index in [9.17, 15) is 4.79 Å². The van der Waals surface area contributed by atoms with Gasteiger partial charge in [0.25, 0.3) is 5.91 Å². The first-order chi connectivity index (χ1) is 15.0. The van der Waals surface area contributed by atoms with Crippen molar-refractivity contribution in [1.29, 1.82) is 0 Å². The number of aryl methyl sites for hydroxylation is 2. The minimum absolute atomic E-state index is 0.00891. The summed E-state index contributed by atoms with van der Waals surface area (Å²) in [4.78, 5) is 19.7. The maximum absolute atomic E-state index is 13.1. The molecule has 2 atom stereocenters. The average Bonchev–Trinajstić information content (AvgIpc) is 2.78. The van der Waals surface area contributed by atoms with E-state index >= 15 is 0 Å². The van der Waals surface area contributed by atoms with Crippen molar-refractivity contribution in [2.75, 3.05) is 19.6 Å². The molecule has 1 amide bonds. The van der Waals surface area contributed by atoms with Gasteiger partial charge in [0.1, 0.15) is 0 Å². The summed E-state index contributed by atoms with van der Waals surface area (Å²) >= 11 is 0. The second kappa shape index (κ2) is 9.61. The Morgan fingerprint density at radius 2 is 1.94 bits per heavy atom. The number of rotatable bonds is 6. The first-order valence-corrected chi connectivity index (χ1v) is 11.6. The fourth-order valence-electron chi connectivity index (χ4n) is 4.65. The molecular weight excluding hydrogens is 382 g/mol. The largest absolute Gasteiger partial charge is 0.352 e. The second-order valence-corrected chi connectivity index (χ2v) is 9.04. The van der Waals surface area contributed by atoms with Crippen LogP contribution in [0, 0.1) is 13.8 Å². The van der Waals surface area contributed by atoms with E-state index in [4.69, 9.17) is 4.98 Å². The molecule has 2 aromatic carbocycles. The van der Waals surface area contributed by atoms with Crippen molar-refractivity contribution in [3.05, 3.63) is 65.2 Å². The Balaban J connectivity index is 1.51. The van der Waals surface area contributed by atoms with Gasteiger partial charge in [-0.3, -0.25) is 4.79 Å². The van der Waals surface area contributed by atoms with Gasteiger partial charge in [-0.2, -0.15) is 0 Å². The van der Waals surface area contributed by atoms with Gasteiger partial charge < -0.3 is 10.2 Å². The molecule has 1 aliphatic heterocycles. The zero-order chi connectivity index (χ0) is 21.8. The molecule has 0 spiro atoms. The molecular formula is C27H34N3O+. The van der Waals surface area contributed by atoms with E-state index in [0.717, 1.165) is 41.2 Å². The normalized spacial score (nSPS) is 18.8. The molecule has 1 saturated heterocycles. The Hall–Kier alpha value is -2.72. The highest BCUT2D eigenvalue weighted by Crippen LogP contribution is 2.26. The van der Waals surface area contributed by atoms with Crippen LogP contribution in [-0.4, -0.2) is 36.6 Å². The Kier molecular flexibility index (Phi) is 6.67. The van der Waals surface area contributed by atoms with Crippen molar-refractivity contribution in [1.82, 2.24) is 10.3 Å². The first kappa shape index (κ1) is 21.5. The van der Waals surface area contributed by atoms with E-state index in [1.165, 1.54) is 36.9 Å². The van der Waals surface area contributed by atoms with Gasteiger partial charge >= 0.3 is 0 Å². The van der Waals surface area contributed by atoms with Crippen LogP contribution in [0.3, 0.4) is 0 Å². The highest BCUT2D eigenvalue weighted by atomic mass is 16.1. The molecule has 1 aromatic heterocycles. The third-order valence-corrected chi connectivity index (χ3v) is 6.81. The van der Waals surface area contributed by atoms with Crippen LogP contribution in [0.2, 0.25) is 0 Å². The maximum atomic E-state index is 13.1. The van der Waals surface area contributed by atoms with Crippen LogP contribution in [0.5, 0.6) is 0 Å². The fraction of sp³-hybridized carbons (Fsp3) is 0.407. The Labute approximate surface area is 185 Å². The smallest absolute Gasteiger partial charge is 0.252 e. The predicted molar refractivity (Wildman–Crippen MR) is 128 cm³/mol. The third-order valence-electron chi connectivity index (χ3n) is 6.81. The number of hydrogen-bond donors (Lipinski definition) is 2. The van der Waals surface area contributed by atoms with Gasteiger partial charge in [-0.15, -0.1) is 0 Å². The number of aromatic nitrogens is 1. The van der Waals surface area contributed by atoms with Gasteiger partial charge in [-0.1, -0.05) is 30.3 Å². The van der Waals surface area contributed by atoms with Crippen LogP contribution in [0.25, 0.3) is 22.2 Å². The lowest BCUT2D eigenvalue weighted by Crippen LogP contribution is -3.16. The van der Waals surface area contributed by atoms with Gasteiger partial charge in [0.05, 0.1) is 35.9 Å². The molecule has 0 radical (unpaired) electrons. The molecule has 31 heavy (non-hydrogen) atoms. The van der Waals surface area contributed by atoms with E-state index in [0.29, 0.717) is 12.1 Å². The number of quaternary nitrogens is 1. The van der Waals surface area contributed by atoms with E-state index in [1.807, 2.05) is 30.3 Å². The summed E-state index contributed by atoms with van der Waals surface area (Å²) in [5.41, 5.74) is 5.94. The van der Waals surface area contributed by atoms with Gasteiger partial charge in [0.2, 0.25) is 0 Å². The standard InChI is InChI=1S/C27H33N3O/c1-19-12-13-22(17-20(19)2)26-18-24(23-10-4-5-11-25(23)29-26)27(31)28-14-8-16-30-15-7-6-9-21(30)3/h4-5,10-13,17-18,21H,6-9,14-16H2,1-3H3,(H,28,31)/p+1/t21-/m1/s1. The zero-order valence-corrected chi connectivity index (χ0v) is 19.0. The molecule has 0 saturated carbocycles.